The van der Waals surface area contributed by atoms with Crippen LogP contribution < -0.4 is 5.32 Å². The molecule has 1 atom stereocenters. The molecule has 0 aromatic heterocycles. The summed E-state index contributed by atoms with van der Waals surface area (Å²) >= 11 is 14.2. The van der Waals surface area contributed by atoms with E-state index in [1.54, 1.807) is 0 Å². The van der Waals surface area contributed by atoms with Crippen molar-refractivity contribution in [3.8, 4) is 0 Å². The van der Waals surface area contributed by atoms with Gasteiger partial charge >= 0.3 is 0 Å². The molecular weight excluding hydrogens is 261 g/mol. The van der Waals surface area contributed by atoms with Gasteiger partial charge in [-0.25, -0.2) is 0 Å². The lowest BCUT2D eigenvalue weighted by molar-refractivity contribution is 0.646. The van der Waals surface area contributed by atoms with Gasteiger partial charge in [0.05, 0.1) is 0 Å². The second-order valence-electron chi connectivity index (χ2n) is 3.97. The van der Waals surface area contributed by atoms with Gasteiger partial charge in [-0.2, -0.15) is 11.8 Å². The largest absolute Gasteiger partial charge is 0.311 e. The van der Waals surface area contributed by atoms with Gasteiger partial charge in [0.1, 0.15) is 0 Å². The Hall–Kier alpha value is 0.110. The highest BCUT2D eigenvalue weighted by Gasteiger charge is 2.15. The molecule has 0 saturated carbocycles. The third kappa shape index (κ3) is 3.30. The third-order valence-electron chi connectivity index (χ3n) is 2.76. The van der Waals surface area contributed by atoms with E-state index in [1.165, 1.54) is 18.6 Å². The molecule has 1 aliphatic heterocycles. The van der Waals surface area contributed by atoms with Crippen molar-refractivity contribution in [3.05, 3.63) is 33.8 Å². The molecule has 1 fully saturated rings. The molecule has 1 N–H and O–H groups in total. The van der Waals surface area contributed by atoms with Crippen LogP contribution in [0.5, 0.6) is 0 Å². The molecule has 0 spiro atoms. The Morgan fingerprint density at radius 3 is 2.69 bits per heavy atom. The highest BCUT2D eigenvalue weighted by molar-refractivity contribution is 8.00. The van der Waals surface area contributed by atoms with Crippen LogP contribution in [0, 0.1) is 0 Å². The highest BCUT2D eigenvalue weighted by atomic mass is 35.5. The van der Waals surface area contributed by atoms with E-state index in [9.17, 15) is 0 Å². The number of nitrogens with one attached hydrogen (secondary N) is 1. The Kier molecular flexibility index (Phi) is 4.83. The Balaban J connectivity index is 1.84. The minimum atomic E-state index is 0.749. The van der Waals surface area contributed by atoms with E-state index >= 15 is 0 Å². The van der Waals surface area contributed by atoms with Gasteiger partial charge in [-0.05, 0) is 30.7 Å². The molecule has 0 aliphatic carbocycles. The number of benzene rings is 1. The number of hydrogen-bond donors (Lipinski definition) is 1. The molecule has 2 rings (SSSR count). The van der Waals surface area contributed by atoms with Crippen LogP contribution in [0.3, 0.4) is 0 Å². The maximum atomic E-state index is 6.10. The fourth-order valence-electron chi connectivity index (χ4n) is 1.86. The molecular formula is C12H15Cl2NS. The lowest BCUT2D eigenvalue weighted by atomic mass is 10.2. The van der Waals surface area contributed by atoms with E-state index in [4.69, 9.17) is 23.2 Å². The van der Waals surface area contributed by atoms with Crippen LogP contribution in [0.4, 0.5) is 0 Å². The minimum absolute atomic E-state index is 0.749. The van der Waals surface area contributed by atoms with Crippen LogP contribution >= 0.6 is 35.0 Å². The molecule has 1 nitrogen and oxygen atoms in total. The Labute approximate surface area is 111 Å². The maximum absolute atomic E-state index is 6.10. The molecule has 1 aromatic rings. The second-order valence-corrected chi connectivity index (χ2v) is 6.19. The summed E-state index contributed by atoms with van der Waals surface area (Å²) in [7, 11) is 0. The molecule has 1 saturated heterocycles. The monoisotopic (exact) mass is 275 g/mol. The Morgan fingerprint density at radius 1 is 1.31 bits per heavy atom. The number of hydrogen-bond acceptors (Lipinski definition) is 2. The first-order valence-corrected chi connectivity index (χ1v) is 7.33. The molecule has 1 aromatic carbocycles. The number of rotatable bonds is 4. The summed E-state index contributed by atoms with van der Waals surface area (Å²) in [6, 6.07) is 5.64. The fourth-order valence-corrected chi connectivity index (χ4v) is 3.63. The van der Waals surface area contributed by atoms with Gasteiger partial charge in [0.2, 0.25) is 0 Å². The average molecular weight is 276 g/mol. The Bertz CT molecular complexity index is 331. The van der Waals surface area contributed by atoms with Crippen molar-refractivity contribution < 1.29 is 0 Å². The predicted molar refractivity (Wildman–Crippen MR) is 73.6 cm³/mol. The van der Waals surface area contributed by atoms with Gasteiger partial charge < -0.3 is 5.32 Å². The SMILES string of the molecule is Clc1cccc(Cl)c1CNCC1CCCS1. The van der Waals surface area contributed by atoms with Gasteiger partial charge in [0.25, 0.3) is 0 Å². The lowest BCUT2D eigenvalue weighted by Gasteiger charge is -2.11. The van der Waals surface area contributed by atoms with E-state index in [2.05, 4.69) is 17.1 Å². The molecule has 88 valence electrons. The zero-order valence-corrected chi connectivity index (χ0v) is 11.3. The van der Waals surface area contributed by atoms with Crippen LogP contribution in [-0.2, 0) is 6.54 Å². The highest BCUT2D eigenvalue weighted by Crippen LogP contribution is 2.26. The maximum Gasteiger partial charge on any atom is 0.0465 e. The summed E-state index contributed by atoms with van der Waals surface area (Å²) in [6.07, 6.45) is 2.68. The van der Waals surface area contributed by atoms with Crippen molar-refractivity contribution in [3.63, 3.8) is 0 Å². The van der Waals surface area contributed by atoms with Crippen molar-refractivity contribution in [2.75, 3.05) is 12.3 Å². The van der Waals surface area contributed by atoms with Crippen molar-refractivity contribution in [1.82, 2.24) is 5.32 Å². The van der Waals surface area contributed by atoms with Crippen LogP contribution in [0.15, 0.2) is 18.2 Å². The Morgan fingerprint density at radius 2 is 2.06 bits per heavy atom. The summed E-state index contributed by atoms with van der Waals surface area (Å²) < 4.78 is 0. The molecule has 1 aliphatic rings. The summed E-state index contributed by atoms with van der Waals surface area (Å²) in [4.78, 5) is 0. The molecule has 0 bridgehead atoms. The average Bonchev–Trinajstić information content (AvgIpc) is 2.75. The standard InChI is InChI=1S/C12H15Cl2NS/c13-11-4-1-5-12(14)10(11)8-15-7-9-3-2-6-16-9/h1,4-5,9,15H,2-3,6-8H2. The normalized spacial score (nSPS) is 20.2. The van der Waals surface area contributed by atoms with Crippen LogP contribution in [0.2, 0.25) is 10.0 Å². The quantitative estimate of drug-likeness (QED) is 0.892. The number of thioether (sulfide) groups is 1. The molecule has 1 heterocycles. The van der Waals surface area contributed by atoms with Crippen molar-refractivity contribution in [1.29, 1.82) is 0 Å². The lowest BCUT2D eigenvalue weighted by Crippen LogP contribution is -2.22. The first kappa shape index (κ1) is 12.6. The van der Waals surface area contributed by atoms with Gasteiger partial charge in [-0.15, -0.1) is 0 Å². The van der Waals surface area contributed by atoms with Crippen LogP contribution in [0.1, 0.15) is 18.4 Å². The zero-order chi connectivity index (χ0) is 11.4. The van der Waals surface area contributed by atoms with Gasteiger partial charge in [-0.1, -0.05) is 29.3 Å². The van der Waals surface area contributed by atoms with Crippen molar-refractivity contribution in [2.24, 2.45) is 0 Å². The first-order chi connectivity index (χ1) is 7.77. The summed E-state index contributed by atoms with van der Waals surface area (Å²) in [5.41, 5.74) is 1.01. The van der Waals surface area contributed by atoms with Crippen LogP contribution in [-0.4, -0.2) is 17.5 Å². The van der Waals surface area contributed by atoms with Crippen LogP contribution in [0.25, 0.3) is 0 Å². The zero-order valence-electron chi connectivity index (χ0n) is 9.01. The summed E-state index contributed by atoms with van der Waals surface area (Å²) in [5, 5.41) is 5.70. The summed E-state index contributed by atoms with van der Waals surface area (Å²) in [6.45, 7) is 1.81. The molecule has 1 unspecified atom stereocenters. The van der Waals surface area contributed by atoms with E-state index < -0.39 is 0 Å². The summed E-state index contributed by atoms with van der Waals surface area (Å²) in [5.74, 6) is 1.30. The van der Waals surface area contributed by atoms with Gasteiger partial charge in [-0.3, -0.25) is 0 Å². The number of halogens is 2. The minimum Gasteiger partial charge on any atom is -0.311 e. The fraction of sp³-hybridized carbons (Fsp3) is 0.500. The molecule has 0 radical (unpaired) electrons. The van der Waals surface area contributed by atoms with Crippen molar-refractivity contribution >= 4 is 35.0 Å². The predicted octanol–water partition coefficient (Wildman–Crippen LogP) is 3.98. The second kappa shape index (κ2) is 6.15. The van der Waals surface area contributed by atoms with E-state index in [-0.39, 0.29) is 0 Å². The topological polar surface area (TPSA) is 12.0 Å². The molecule has 4 heteroatoms. The van der Waals surface area contributed by atoms with E-state index in [0.29, 0.717) is 0 Å². The van der Waals surface area contributed by atoms with Gasteiger partial charge in [0, 0.05) is 33.9 Å². The molecule has 16 heavy (non-hydrogen) atoms. The van der Waals surface area contributed by atoms with E-state index in [0.717, 1.165) is 33.9 Å². The molecule has 0 amide bonds. The first-order valence-electron chi connectivity index (χ1n) is 5.52. The van der Waals surface area contributed by atoms with E-state index in [1.807, 2.05) is 18.2 Å². The van der Waals surface area contributed by atoms with Gasteiger partial charge in [0.15, 0.2) is 0 Å². The smallest absolute Gasteiger partial charge is 0.0465 e. The van der Waals surface area contributed by atoms with Crippen molar-refractivity contribution in [2.45, 2.75) is 24.6 Å². The third-order valence-corrected chi connectivity index (χ3v) is 4.87.